The number of thiocarbonyl (C=S) groups is 1. The lowest BCUT2D eigenvalue weighted by Crippen LogP contribution is -2.56. The number of esters is 1. The van der Waals surface area contributed by atoms with Crippen molar-refractivity contribution in [1.29, 1.82) is 0 Å². The number of methoxy groups -OCH3 is 3. The summed E-state index contributed by atoms with van der Waals surface area (Å²) in [5.41, 5.74) is 1.58. The summed E-state index contributed by atoms with van der Waals surface area (Å²) in [6, 6.07) is 11.5. The lowest BCUT2D eigenvalue weighted by atomic mass is 10.1. The molecule has 8 nitrogen and oxygen atoms in total. The van der Waals surface area contributed by atoms with Crippen LogP contribution < -0.4 is 25.4 Å². The van der Waals surface area contributed by atoms with E-state index in [1.807, 2.05) is 0 Å². The molecular formula is C21H22Cl3N3O5S. The van der Waals surface area contributed by atoms with Crippen molar-refractivity contribution < 1.29 is 23.8 Å². The number of nitrogens with one attached hydrogen (secondary N) is 3. The van der Waals surface area contributed by atoms with Crippen molar-refractivity contribution >= 4 is 69.7 Å². The number of anilines is 1. The van der Waals surface area contributed by atoms with E-state index >= 15 is 0 Å². The molecule has 1 amide bonds. The molecule has 0 saturated carbocycles. The van der Waals surface area contributed by atoms with E-state index in [9.17, 15) is 9.59 Å². The van der Waals surface area contributed by atoms with Gasteiger partial charge in [0.05, 0.1) is 33.3 Å². The van der Waals surface area contributed by atoms with E-state index in [0.29, 0.717) is 28.3 Å². The molecule has 2 rings (SSSR count). The van der Waals surface area contributed by atoms with Crippen LogP contribution in [0, 0.1) is 0 Å². The molecule has 0 radical (unpaired) electrons. The molecule has 0 heterocycles. The third-order valence-corrected chi connectivity index (χ3v) is 5.12. The largest absolute Gasteiger partial charge is 0.497 e. The third kappa shape index (κ3) is 8.43. The first-order valence-corrected chi connectivity index (χ1v) is 10.9. The molecule has 3 N–H and O–H groups in total. The number of carbonyl (C=O) groups excluding carboxylic acids is 2. The molecule has 0 saturated heterocycles. The monoisotopic (exact) mass is 533 g/mol. The first-order valence-electron chi connectivity index (χ1n) is 9.39. The first-order chi connectivity index (χ1) is 15.5. The number of halogens is 3. The van der Waals surface area contributed by atoms with Crippen LogP contribution in [0.2, 0.25) is 0 Å². The minimum Gasteiger partial charge on any atom is -0.497 e. The normalized spacial score (nSPS) is 11.7. The van der Waals surface area contributed by atoms with Crippen molar-refractivity contribution in [3.63, 3.8) is 0 Å². The van der Waals surface area contributed by atoms with Gasteiger partial charge in [0.15, 0.2) is 5.11 Å². The fourth-order valence-electron chi connectivity index (χ4n) is 2.67. The molecule has 12 heteroatoms. The van der Waals surface area contributed by atoms with Gasteiger partial charge in [0.1, 0.15) is 17.7 Å². The smallest absolute Gasteiger partial charge is 0.337 e. The summed E-state index contributed by atoms with van der Waals surface area (Å²) < 4.78 is 13.2. The number of amides is 1. The molecule has 0 aliphatic heterocycles. The van der Waals surface area contributed by atoms with E-state index < -0.39 is 21.8 Å². The Kier molecular flexibility index (Phi) is 9.85. The van der Waals surface area contributed by atoms with E-state index in [1.165, 1.54) is 21.3 Å². The number of benzene rings is 2. The fourth-order valence-corrected chi connectivity index (χ4v) is 3.23. The highest BCUT2D eigenvalue weighted by Crippen LogP contribution is 2.29. The average Bonchev–Trinajstić information content (AvgIpc) is 2.77. The van der Waals surface area contributed by atoms with Gasteiger partial charge in [0, 0.05) is 11.8 Å². The maximum atomic E-state index is 12.6. The molecular weight excluding hydrogens is 513 g/mol. The molecule has 0 bridgehead atoms. The Morgan fingerprint density at radius 2 is 1.55 bits per heavy atom. The Morgan fingerprint density at radius 1 is 0.970 bits per heavy atom. The van der Waals surface area contributed by atoms with Gasteiger partial charge in [-0.25, -0.2) is 4.79 Å². The molecule has 2 aromatic carbocycles. The number of alkyl halides is 3. The molecule has 1 atom stereocenters. The van der Waals surface area contributed by atoms with Crippen LogP contribution in [0.15, 0.2) is 42.5 Å². The SMILES string of the molecule is COC(=O)c1ccc(NC(=S)NC(NC(=O)Cc2cc(OC)cc(OC)c2)C(Cl)(Cl)Cl)cc1. The van der Waals surface area contributed by atoms with Gasteiger partial charge in [-0.15, -0.1) is 0 Å². The molecule has 178 valence electrons. The lowest BCUT2D eigenvalue weighted by molar-refractivity contribution is -0.121. The number of hydrogen-bond donors (Lipinski definition) is 3. The van der Waals surface area contributed by atoms with Gasteiger partial charge in [-0.05, 0) is 54.2 Å². The van der Waals surface area contributed by atoms with Crippen molar-refractivity contribution in [3.8, 4) is 11.5 Å². The molecule has 0 aliphatic rings. The van der Waals surface area contributed by atoms with Gasteiger partial charge >= 0.3 is 5.97 Å². The van der Waals surface area contributed by atoms with Gasteiger partial charge < -0.3 is 30.2 Å². The van der Waals surface area contributed by atoms with Crippen LogP contribution in [0.25, 0.3) is 0 Å². The van der Waals surface area contributed by atoms with Crippen molar-refractivity contribution in [1.82, 2.24) is 10.6 Å². The van der Waals surface area contributed by atoms with Crippen LogP contribution in [0.4, 0.5) is 5.69 Å². The van der Waals surface area contributed by atoms with Crippen LogP contribution in [-0.2, 0) is 16.0 Å². The van der Waals surface area contributed by atoms with Crippen molar-refractivity contribution in [2.45, 2.75) is 16.4 Å². The molecule has 0 aromatic heterocycles. The van der Waals surface area contributed by atoms with Gasteiger partial charge in [-0.2, -0.15) is 0 Å². The zero-order valence-corrected chi connectivity index (χ0v) is 21.0. The standard InChI is InChI=1S/C21H22Cl3N3O5S/c1-30-15-8-12(9-16(11-15)31-2)10-17(28)26-19(21(22,23)24)27-20(33)25-14-6-4-13(5-7-14)18(29)32-3/h4-9,11,19H,10H2,1-3H3,(H,26,28)(H2,25,27,33). The van der Waals surface area contributed by atoms with Gasteiger partial charge in [0.25, 0.3) is 0 Å². The minimum absolute atomic E-state index is 0.0261. The predicted octanol–water partition coefficient (Wildman–Crippen LogP) is 3.83. The third-order valence-electron chi connectivity index (χ3n) is 4.25. The Bertz CT molecular complexity index is 977. The zero-order chi connectivity index (χ0) is 24.6. The molecule has 0 aliphatic carbocycles. The summed E-state index contributed by atoms with van der Waals surface area (Å²) >= 11 is 23.4. The van der Waals surface area contributed by atoms with Crippen LogP contribution in [0.3, 0.4) is 0 Å². The molecule has 2 aromatic rings. The number of carbonyl (C=O) groups is 2. The van der Waals surface area contributed by atoms with Crippen molar-refractivity contribution in [2.75, 3.05) is 26.6 Å². The van der Waals surface area contributed by atoms with Crippen LogP contribution >= 0.6 is 47.0 Å². The second kappa shape index (κ2) is 12.1. The highest BCUT2D eigenvalue weighted by molar-refractivity contribution is 7.80. The van der Waals surface area contributed by atoms with Crippen molar-refractivity contribution in [2.24, 2.45) is 0 Å². The summed E-state index contributed by atoms with van der Waals surface area (Å²) in [4.78, 5) is 24.2. The summed E-state index contributed by atoms with van der Waals surface area (Å²) in [6.07, 6.45) is -1.17. The Hall–Kier alpha value is -2.46. The summed E-state index contributed by atoms with van der Waals surface area (Å²) in [6.45, 7) is 0. The Balaban J connectivity index is 2.03. The Labute approximate surface area is 211 Å². The van der Waals surface area contributed by atoms with Crippen LogP contribution in [-0.4, -0.2) is 48.3 Å². The van der Waals surface area contributed by atoms with Crippen LogP contribution in [0.1, 0.15) is 15.9 Å². The quantitative estimate of drug-likeness (QED) is 0.203. The number of ether oxygens (including phenoxy) is 3. The highest BCUT2D eigenvalue weighted by Gasteiger charge is 2.34. The van der Waals surface area contributed by atoms with Crippen LogP contribution in [0.5, 0.6) is 11.5 Å². The Morgan fingerprint density at radius 3 is 2.03 bits per heavy atom. The maximum absolute atomic E-state index is 12.6. The average molecular weight is 535 g/mol. The van der Waals surface area contributed by atoms with E-state index in [1.54, 1.807) is 42.5 Å². The van der Waals surface area contributed by atoms with Crippen molar-refractivity contribution in [3.05, 3.63) is 53.6 Å². The minimum atomic E-state index is -1.91. The lowest BCUT2D eigenvalue weighted by Gasteiger charge is -2.28. The maximum Gasteiger partial charge on any atom is 0.337 e. The van der Waals surface area contributed by atoms with E-state index in [-0.39, 0.29) is 11.5 Å². The summed E-state index contributed by atoms with van der Waals surface area (Å²) in [5.74, 6) is 0.183. The van der Waals surface area contributed by atoms with Gasteiger partial charge in [-0.1, -0.05) is 34.8 Å². The summed E-state index contributed by atoms with van der Waals surface area (Å²) in [7, 11) is 4.32. The molecule has 1 unspecified atom stereocenters. The number of rotatable bonds is 8. The first kappa shape index (κ1) is 26.8. The predicted molar refractivity (Wildman–Crippen MR) is 133 cm³/mol. The highest BCUT2D eigenvalue weighted by atomic mass is 35.6. The van der Waals surface area contributed by atoms with Gasteiger partial charge in [-0.3, -0.25) is 4.79 Å². The van der Waals surface area contributed by atoms with E-state index in [4.69, 9.17) is 56.5 Å². The van der Waals surface area contributed by atoms with E-state index in [0.717, 1.165) is 0 Å². The number of hydrogen-bond acceptors (Lipinski definition) is 6. The van der Waals surface area contributed by atoms with Gasteiger partial charge in [0.2, 0.25) is 9.70 Å². The summed E-state index contributed by atoms with van der Waals surface area (Å²) in [5, 5.41) is 8.35. The second-order valence-corrected chi connectivity index (χ2v) is 9.38. The molecule has 0 spiro atoms. The molecule has 33 heavy (non-hydrogen) atoms. The zero-order valence-electron chi connectivity index (χ0n) is 17.9. The topological polar surface area (TPSA) is 97.9 Å². The fraction of sp³-hybridized carbons (Fsp3) is 0.286. The second-order valence-electron chi connectivity index (χ2n) is 6.61. The van der Waals surface area contributed by atoms with E-state index in [2.05, 4.69) is 20.7 Å². The molecule has 0 fully saturated rings.